The van der Waals surface area contributed by atoms with Crippen LogP contribution in [-0.2, 0) is 9.59 Å². The summed E-state index contributed by atoms with van der Waals surface area (Å²) in [7, 11) is 0. The Morgan fingerprint density at radius 1 is 1.00 bits per heavy atom. The summed E-state index contributed by atoms with van der Waals surface area (Å²) in [5, 5.41) is 0. The summed E-state index contributed by atoms with van der Waals surface area (Å²) >= 11 is 0. The summed E-state index contributed by atoms with van der Waals surface area (Å²) in [6.07, 6.45) is 10.9. The normalized spacial score (nSPS) is 26.9. The lowest BCUT2D eigenvalue weighted by molar-refractivity contribution is -0.138. The minimum Gasteiger partial charge on any atom is -0.370 e. The molecular weight excluding hydrogens is 276 g/mol. The average Bonchev–Trinajstić information content (AvgIpc) is 2.53. The van der Waals surface area contributed by atoms with Gasteiger partial charge in [-0.15, -0.1) is 0 Å². The molecule has 4 heteroatoms. The first-order valence-electron chi connectivity index (χ1n) is 9.17. The maximum absolute atomic E-state index is 12.6. The molecular formula is C18H32N2O2. The number of amides is 2. The lowest BCUT2D eigenvalue weighted by Crippen LogP contribution is -2.43. The zero-order chi connectivity index (χ0) is 15.9. The number of nitrogens with two attached hydrogens (primary N) is 1. The van der Waals surface area contributed by atoms with Crippen molar-refractivity contribution >= 4 is 11.8 Å². The van der Waals surface area contributed by atoms with Crippen molar-refractivity contribution in [2.75, 3.05) is 13.1 Å². The molecule has 0 aromatic carbocycles. The van der Waals surface area contributed by atoms with Crippen molar-refractivity contribution in [3.63, 3.8) is 0 Å². The van der Waals surface area contributed by atoms with Crippen LogP contribution in [0.25, 0.3) is 0 Å². The first kappa shape index (κ1) is 17.3. The Labute approximate surface area is 134 Å². The van der Waals surface area contributed by atoms with Gasteiger partial charge in [0, 0.05) is 25.4 Å². The first-order valence-corrected chi connectivity index (χ1v) is 9.17. The van der Waals surface area contributed by atoms with Gasteiger partial charge in [-0.25, -0.2) is 0 Å². The number of hydrogen-bond acceptors (Lipinski definition) is 2. The van der Waals surface area contributed by atoms with Crippen molar-refractivity contribution in [2.45, 2.75) is 71.1 Å². The summed E-state index contributed by atoms with van der Waals surface area (Å²) in [5.41, 5.74) is 5.26. The molecule has 0 unspecified atom stereocenters. The number of carbonyl (C=O) groups is 2. The highest BCUT2D eigenvalue weighted by Crippen LogP contribution is 2.33. The second-order valence-electron chi connectivity index (χ2n) is 7.30. The molecule has 2 N–H and O–H groups in total. The van der Waals surface area contributed by atoms with Crippen LogP contribution in [-0.4, -0.2) is 29.8 Å². The third-order valence-electron chi connectivity index (χ3n) is 5.58. The van der Waals surface area contributed by atoms with E-state index >= 15 is 0 Å². The molecule has 1 saturated heterocycles. The molecule has 0 aromatic heterocycles. The maximum atomic E-state index is 12.6. The monoisotopic (exact) mass is 308 g/mol. The molecule has 2 aliphatic rings. The lowest BCUT2D eigenvalue weighted by Gasteiger charge is -2.36. The number of piperidine rings is 1. The number of likely N-dealkylation sites (tertiary alicyclic amines) is 1. The quantitative estimate of drug-likeness (QED) is 0.819. The summed E-state index contributed by atoms with van der Waals surface area (Å²) in [6, 6.07) is 0. The lowest BCUT2D eigenvalue weighted by atomic mass is 9.79. The number of primary amides is 1. The fourth-order valence-corrected chi connectivity index (χ4v) is 4.09. The molecule has 0 aromatic rings. The first-order chi connectivity index (χ1) is 10.6. The maximum Gasteiger partial charge on any atom is 0.225 e. The van der Waals surface area contributed by atoms with E-state index in [1.54, 1.807) is 0 Å². The topological polar surface area (TPSA) is 63.4 Å². The SMILES string of the molecule is CCCCC1CCC(C(=O)N2CCC(CC(N)=O)CC2)CC1. The van der Waals surface area contributed by atoms with Crippen LogP contribution >= 0.6 is 0 Å². The molecule has 1 aliphatic carbocycles. The second kappa shape index (κ2) is 8.54. The Morgan fingerprint density at radius 3 is 2.18 bits per heavy atom. The molecule has 22 heavy (non-hydrogen) atoms. The number of carbonyl (C=O) groups excluding carboxylic acids is 2. The predicted molar refractivity (Wildman–Crippen MR) is 88.1 cm³/mol. The Hall–Kier alpha value is -1.06. The summed E-state index contributed by atoms with van der Waals surface area (Å²) < 4.78 is 0. The van der Waals surface area contributed by atoms with Gasteiger partial charge in [0.2, 0.25) is 11.8 Å². The highest BCUT2D eigenvalue weighted by atomic mass is 16.2. The van der Waals surface area contributed by atoms with Crippen LogP contribution in [0.4, 0.5) is 0 Å². The van der Waals surface area contributed by atoms with Gasteiger partial charge in [0.25, 0.3) is 0 Å². The molecule has 0 spiro atoms. The van der Waals surface area contributed by atoms with Gasteiger partial charge in [-0.2, -0.15) is 0 Å². The predicted octanol–water partition coefficient (Wildman–Crippen LogP) is 3.10. The molecule has 1 aliphatic heterocycles. The van der Waals surface area contributed by atoms with Crippen molar-refractivity contribution in [2.24, 2.45) is 23.5 Å². The van der Waals surface area contributed by atoms with Crippen molar-refractivity contribution in [1.29, 1.82) is 0 Å². The Balaban J connectivity index is 1.71. The summed E-state index contributed by atoms with van der Waals surface area (Å²) in [5.74, 6) is 1.64. The van der Waals surface area contributed by atoms with Crippen LogP contribution in [0, 0.1) is 17.8 Å². The molecule has 2 amide bonds. The fraction of sp³-hybridized carbons (Fsp3) is 0.889. The number of rotatable bonds is 6. The van der Waals surface area contributed by atoms with Gasteiger partial charge in [-0.1, -0.05) is 26.2 Å². The highest BCUT2D eigenvalue weighted by molar-refractivity contribution is 5.79. The Kier molecular flexibility index (Phi) is 6.71. The largest absolute Gasteiger partial charge is 0.370 e. The molecule has 2 fully saturated rings. The van der Waals surface area contributed by atoms with Crippen molar-refractivity contribution < 1.29 is 9.59 Å². The van der Waals surface area contributed by atoms with E-state index < -0.39 is 0 Å². The highest BCUT2D eigenvalue weighted by Gasteiger charge is 2.31. The van der Waals surface area contributed by atoms with Gasteiger partial charge in [0.05, 0.1) is 0 Å². The van der Waals surface area contributed by atoms with E-state index in [0.717, 1.165) is 44.7 Å². The van der Waals surface area contributed by atoms with Gasteiger partial charge < -0.3 is 10.6 Å². The standard InChI is InChI=1S/C18H32N2O2/c1-2-3-4-14-5-7-16(8-6-14)18(22)20-11-9-15(10-12-20)13-17(19)21/h14-16H,2-13H2,1H3,(H2,19,21). The van der Waals surface area contributed by atoms with Crippen LogP contribution in [0.5, 0.6) is 0 Å². The number of unbranched alkanes of at least 4 members (excludes halogenated alkanes) is 1. The van der Waals surface area contributed by atoms with E-state index in [2.05, 4.69) is 6.92 Å². The zero-order valence-electron chi connectivity index (χ0n) is 14.1. The van der Waals surface area contributed by atoms with Crippen molar-refractivity contribution in [1.82, 2.24) is 4.90 Å². The van der Waals surface area contributed by atoms with E-state index in [0.29, 0.717) is 18.2 Å². The number of hydrogen-bond donors (Lipinski definition) is 1. The molecule has 126 valence electrons. The van der Waals surface area contributed by atoms with Crippen LogP contribution in [0.1, 0.15) is 71.1 Å². The van der Waals surface area contributed by atoms with Gasteiger partial charge >= 0.3 is 0 Å². The Bertz CT molecular complexity index is 367. The van der Waals surface area contributed by atoms with Gasteiger partial charge in [0.15, 0.2) is 0 Å². The van der Waals surface area contributed by atoms with E-state index in [-0.39, 0.29) is 11.8 Å². The van der Waals surface area contributed by atoms with Gasteiger partial charge in [-0.3, -0.25) is 9.59 Å². The molecule has 0 radical (unpaired) electrons. The van der Waals surface area contributed by atoms with Gasteiger partial charge in [-0.05, 0) is 50.4 Å². The van der Waals surface area contributed by atoms with Crippen LogP contribution < -0.4 is 5.73 Å². The van der Waals surface area contributed by atoms with Crippen molar-refractivity contribution in [3.05, 3.63) is 0 Å². The summed E-state index contributed by atoms with van der Waals surface area (Å²) in [6.45, 7) is 3.87. The second-order valence-corrected chi connectivity index (χ2v) is 7.30. The molecule has 0 atom stereocenters. The third-order valence-corrected chi connectivity index (χ3v) is 5.58. The van der Waals surface area contributed by atoms with Crippen LogP contribution in [0.15, 0.2) is 0 Å². The smallest absolute Gasteiger partial charge is 0.225 e. The minimum atomic E-state index is -0.213. The summed E-state index contributed by atoms with van der Waals surface area (Å²) in [4.78, 5) is 25.7. The third kappa shape index (κ3) is 4.99. The molecule has 2 rings (SSSR count). The number of nitrogens with zero attached hydrogens (tertiary/aromatic N) is 1. The van der Waals surface area contributed by atoms with E-state index in [9.17, 15) is 9.59 Å². The van der Waals surface area contributed by atoms with Crippen molar-refractivity contribution in [3.8, 4) is 0 Å². The van der Waals surface area contributed by atoms with E-state index in [4.69, 9.17) is 5.73 Å². The molecule has 0 bridgehead atoms. The molecule has 4 nitrogen and oxygen atoms in total. The molecule has 1 saturated carbocycles. The van der Waals surface area contributed by atoms with Crippen LogP contribution in [0.2, 0.25) is 0 Å². The average molecular weight is 308 g/mol. The fourth-order valence-electron chi connectivity index (χ4n) is 4.09. The van der Waals surface area contributed by atoms with Gasteiger partial charge in [0.1, 0.15) is 0 Å². The molecule has 1 heterocycles. The van der Waals surface area contributed by atoms with Crippen LogP contribution in [0.3, 0.4) is 0 Å². The van der Waals surface area contributed by atoms with E-state index in [1.807, 2.05) is 4.90 Å². The minimum absolute atomic E-state index is 0.213. The van der Waals surface area contributed by atoms with E-state index in [1.165, 1.54) is 32.1 Å². The zero-order valence-corrected chi connectivity index (χ0v) is 14.1. The Morgan fingerprint density at radius 2 is 1.64 bits per heavy atom.